The average Bonchev–Trinajstić information content (AvgIpc) is 2.82. The average molecular weight is 432 g/mol. The van der Waals surface area contributed by atoms with Gasteiger partial charge in [0.1, 0.15) is 0 Å². The van der Waals surface area contributed by atoms with Gasteiger partial charge in [0.05, 0.1) is 11.3 Å². The molecule has 4 N–H and O–H groups in total. The quantitative estimate of drug-likeness (QED) is 0.375. The molecule has 0 fully saturated rings. The Morgan fingerprint density at radius 2 is 1.69 bits per heavy atom. The number of carbonyl (C=O) groups is 2. The number of anilines is 2. The van der Waals surface area contributed by atoms with E-state index in [2.05, 4.69) is 22.0 Å². The van der Waals surface area contributed by atoms with E-state index in [0.29, 0.717) is 12.2 Å². The van der Waals surface area contributed by atoms with Crippen LogP contribution in [0.4, 0.5) is 11.4 Å². The van der Waals surface area contributed by atoms with Gasteiger partial charge in [0, 0.05) is 18.2 Å². The fourth-order valence-corrected chi connectivity index (χ4v) is 3.40. The number of para-hydroxylation sites is 1. The number of hydrogen-bond acceptors (Lipinski definition) is 4. The molecule has 6 heteroatoms. The number of rotatable bonds is 10. The molecule has 6 nitrogen and oxygen atoms in total. The zero-order valence-corrected chi connectivity index (χ0v) is 18.4. The number of benzene rings is 3. The first kappa shape index (κ1) is 23.0. The van der Waals surface area contributed by atoms with E-state index in [1.54, 1.807) is 24.3 Å². The summed E-state index contributed by atoms with van der Waals surface area (Å²) >= 11 is 0. The number of hydrogen-bond donors (Lipinski definition) is 4. The van der Waals surface area contributed by atoms with Gasteiger partial charge >= 0.3 is 5.97 Å². The third kappa shape index (κ3) is 6.18. The maximum absolute atomic E-state index is 12.2. The SMILES string of the molecule is CNCCC(C)C(=O)NCc1cccc(-c2ccc(Nc3ccccc3C(=O)O)cc2)c1. The van der Waals surface area contributed by atoms with Crippen LogP contribution in [0.25, 0.3) is 11.1 Å². The van der Waals surface area contributed by atoms with Crippen molar-refractivity contribution in [3.63, 3.8) is 0 Å². The van der Waals surface area contributed by atoms with Crippen molar-refractivity contribution in [2.75, 3.05) is 18.9 Å². The van der Waals surface area contributed by atoms with Crippen molar-refractivity contribution in [1.82, 2.24) is 10.6 Å². The summed E-state index contributed by atoms with van der Waals surface area (Å²) in [5, 5.41) is 18.6. The minimum absolute atomic E-state index is 0.0306. The molecule has 3 aromatic carbocycles. The molecule has 3 aromatic rings. The van der Waals surface area contributed by atoms with Crippen LogP contribution >= 0.6 is 0 Å². The molecule has 0 saturated heterocycles. The lowest BCUT2D eigenvalue weighted by molar-refractivity contribution is -0.124. The Morgan fingerprint density at radius 1 is 0.938 bits per heavy atom. The van der Waals surface area contributed by atoms with Gasteiger partial charge in [0.2, 0.25) is 5.91 Å². The van der Waals surface area contributed by atoms with E-state index >= 15 is 0 Å². The van der Waals surface area contributed by atoms with Crippen molar-refractivity contribution in [3.05, 3.63) is 83.9 Å². The van der Waals surface area contributed by atoms with Crippen molar-refractivity contribution in [2.45, 2.75) is 19.9 Å². The van der Waals surface area contributed by atoms with E-state index in [9.17, 15) is 14.7 Å². The highest BCUT2D eigenvalue weighted by Gasteiger charge is 2.12. The molecule has 1 atom stereocenters. The first-order chi connectivity index (χ1) is 15.5. The van der Waals surface area contributed by atoms with Gasteiger partial charge < -0.3 is 21.1 Å². The van der Waals surface area contributed by atoms with Crippen LogP contribution in [0.15, 0.2) is 72.8 Å². The van der Waals surface area contributed by atoms with Gasteiger partial charge in [-0.15, -0.1) is 0 Å². The molecule has 1 unspecified atom stereocenters. The number of aromatic carboxylic acids is 1. The molecular formula is C26H29N3O3. The van der Waals surface area contributed by atoms with Crippen LogP contribution in [0, 0.1) is 5.92 Å². The minimum Gasteiger partial charge on any atom is -0.478 e. The normalized spacial score (nSPS) is 11.6. The van der Waals surface area contributed by atoms with E-state index in [0.717, 1.165) is 35.3 Å². The molecule has 166 valence electrons. The third-order valence-electron chi connectivity index (χ3n) is 5.32. The van der Waals surface area contributed by atoms with Crippen LogP contribution in [0.2, 0.25) is 0 Å². The van der Waals surface area contributed by atoms with E-state index in [4.69, 9.17) is 0 Å². The van der Waals surface area contributed by atoms with E-state index < -0.39 is 5.97 Å². The minimum atomic E-state index is -0.968. The molecule has 0 heterocycles. The highest BCUT2D eigenvalue weighted by atomic mass is 16.4. The van der Waals surface area contributed by atoms with Crippen LogP contribution in [-0.4, -0.2) is 30.6 Å². The van der Waals surface area contributed by atoms with Crippen molar-refractivity contribution in [1.29, 1.82) is 0 Å². The third-order valence-corrected chi connectivity index (χ3v) is 5.32. The summed E-state index contributed by atoms with van der Waals surface area (Å²) in [5.41, 5.74) is 4.71. The van der Waals surface area contributed by atoms with Crippen molar-refractivity contribution in [2.24, 2.45) is 5.92 Å². The zero-order valence-electron chi connectivity index (χ0n) is 18.4. The lowest BCUT2D eigenvalue weighted by Crippen LogP contribution is -2.30. The Kier molecular flexibility index (Phi) is 8.00. The number of carbonyl (C=O) groups excluding carboxylic acids is 1. The molecule has 0 bridgehead atoms. The summed E-state index contributed by atoms with van der Waals surface area (Å²) in [5.74, 6) is -0.940. The molecule has 0 aromatic heterocycles. The molecule has 1 amide bonds. The molecule has 3 rings (SSSR count). The Hall–Kier alpha value is -3.64. The Morgan fingerprint density at radius 3 is 2.41 bits per heavy atom. The monoisotopic (exact) mass is 431 g/mol. The summed E-state index contributed by atoms with van der Waals surface area (Å²) in [4.78, 5) is 23.6. The van der Waals surface area contributed by atoms with Crippen molar-refractivity contribution >= 4 is 23.3 Å². The standard InChI is InChI=1S/C26H29N3O3/c1-18(14-15-27-2)25(30)28-17-19-6-5-7-21(16-19)20-10-12-22(13-11-20)29-24-9-4-3-8-23(24)26(31)32/h3-13,16,18,27,29H,14-15,17H2,1-2H3,(H,28,30)(H,31,32). The Balaban J connectivity index is 1.65. The van der Waals surface area contributed by atoms with Gasteiger partial charge in [-0.1, -0.05) is 49.4 Å². The highest BCUT2D eigenvalue weighted by Crippen LogP contribution is 2.25. The van der Waals surface area contributed by atoms with Gasteiger partial charge in [-0.2, -0.15) is 0 Å². The maximum Gasteiger partial charge on any atom is 0.337 e. The topological polar surface area (TPSA) is 90.5 Å². The van der Waals surface area contributed by atoms with Gasteiger partial charge in [0.25, 0.3) is 0 Å². The molecule has 0 spiro atoms. The Bertz CT molecular complexity index is 1060. The van der Waals surface area contributed by atoms with Crippen LogP contribution in [0.1, 0.15) is 29.3 Å². The summed E-state index contributed by atoms with van der Waals surface area (Å²) in [6.45, 7) is 3.24. The second kappa shape index (κ2) is 11.1. The molecule has 0 aliphatic heterocycles. The van der Waals surface area contributed by atoms with E-state index in [1.165, 1.54) is 0 Å². The summed E-state index contributed by atoms with van der Waals surface area (Å²) < 4.78 is 0. The molecule has 0 aliphatic carbocycles. The molecule has 0 saturated carbocycles. The maximum atomic E-state index is 12.2. The smallest absolute Gasteiger partial charge is 0.337 e. The summed E-state index contributed by atoms with van der Waals surface area (Å²) in [6, 6.07) is 22.7. The van der Waals surface area contributed by atoms with Crippen LogP contribution < -0.4 is 16.0 Å². The fraction of sp³-hybridized carbons (Fsp3) is 0.231. The van der Waals surface area contributed by atoms with Gasteiger partial charge in [-0.3, -0.25) is 4.79 Å². The van der Waals surface area contributed by atoms with Gasteiger partial charge in [0.15, 0.2) is 0 Å². The number of amides is 1. The first-order valence-corrected chi connectivity index (χ1v) is 10.7. The largest absolute Gasteiger partial charge is 0.478 e. The zero-order chi connectivity index (χ0) is 22.9. The predicted molar refractivity (Wildman–Crippen MR) is 128 cm³/mol. The molecule has 32 heavy (non-hydrogen) atoms. The second-order valence-corrected chi connectivity index (χ2v) is 7.76. The van der Waals surface area contributed by atoms with Gasteiger partial charge in [-0.05, 0) is 67.0 Å². The number of carboxylic acids is 1. The van der Waals surface area contributed by atoms with Crippen LogP contribution in [-0.2, 0) is 11.3 Å². The molecule has 0 aliphatic rings. The Labute approximate surface area is 188 Å². The van der Waals surface area contributed by atoms with Crippen LogP contribution in [0.3, 0.4) is 0 Å². The fourth-order valence-electron chi connectivity index (χ4n) is 3.40. The number of nitrogens with one attached hydrogen (secondary N) is 3. The second-order valence-electron chi connectivity index (χ2n) is 7.76. The highest BCUT2D eigenvalue weighted by molar-refractivity contribution is 5.95. The molecular weight excluding hydrogens is 402 g/mol. The summed E-state index contributed by atoms with van der Waals surface area (Å²) in [6.07, 6.45) is 0.805. The van der Waals surface area contributed by atoms with E-state index in [-0.39, 0.29) is 17.4 Å². The predicted octanol–water partition coefficient (Wildman–Crippen LogP) is 4.66. The summed E-state index contributed by atoms with van der Waals surface area (Å²) in [7, 11) is 1.88. The lowest BCUT2D eigenvalue weighted by Gasteiger charge is -2.13. The van der Waals surface area contributed by atoms with E-state index in [1.807, 2.05) is 56.4 Å². The number of carboxylic acid groups (broad SMARTS) is 1. The van der Waals surface area contributed by atoms with Crippen LogP contribution in [0.5, 0.6) is 0 Å². The lowest BCUT2D eigenvalue weighted by atomic mass is 10.0. The van der Waals surface area contributed by atoms with Gasteiger partial charge in [-0.25, -0.2) is 4.79 Å². The first-order valence-electron chi connectivity index (χ1n) is 10.7. The molecule has 0 radical (unpaired) electrons. The van der Waals surface area contributed by atoms with Crippen molar-refractivity contribution < 1.29 is 14.7 Å². The van der Waals surface area contributed by atoms with Crippen molar-refractivity contribution in [3.8, 4) is 11.1 Å².